The third kappa shape index (κ3) is 3.47. The van der Waals surface area contributed by atoms with Gasteiger partial charge in [-0.25, -0.2) is 4.98 Å². The van der Waals surface area contributed by atoms with Gasteiger partial charge in [0.15, 0.2) is 5.78 Å². The summed E-state index contributed by atoms with van der Waals surface area (Å²) >= 11 is 0. The molecule has 4 nitrogen and oxygen atoms in total. The maximum absolute atomic E-state index is 11.4. The quantitative estimate of drug-likeness (QED) is 0.833. The van der Waals surface area contributed by atoms with Crippen molar-refractivity contribution in [2.24, 2.45) is 11.1 Å². The number of allylic oxidation sites excluding steroid dienone is 1. The lowest BCUT2D eigenvalue weighted by atomic mass is 9.87. The molecule has 0 saturated carbocycles. The molecule has 2 N–H and O–H groups in total. The number of aryl methyl sites for hydroxylation is 1. The van der Waals surface area contributed by atoms with Crippen LogP contribution in [0, 0.1) is 12.3 Å². The zero-order chi connectivity index (χ0) is 13.9. The van der Waals surface area contributed by atoms with E-state index in [4.69, 9.17) is 5.73 Å². The molecule has 0 saturated heterocycles. The van der Waals surface area contributed by atoms with Crippen molar-refractivity contribution < 1.29 is 4.79 Å². The summed E-state index contributed by atoms with van der Waals surface area (Å²) in [6, 6.07) is 0. The van der Waals surface area contributed by atoms with E-state index in [0.717, 1.165) is 11.4 Å². The fourth-order valence-electron chi connectivity index (χ4n) is 1.29. The summed E-state index contributed by atoms with van der Waals surface area (Å²) in [7, 11) is 0. The topological polar surface area (TPSA) is 68.9 Å². The highest BCUT2D eigenvalue weighted by molar-refractivity contribution is 5.95. The summed E-state index contributed by atoms with van der Waals surface area (Å²) in [4.78, 5) is 19.9. The van der Waals surface area contributed by atoms with E-state index in [1.165, 1.54) is 11.8 Å². The molecule has 0 aromatic carbocycles. The van der Waals surface area contributed by atoms with Crippen LogP contribution in [-0.4, -0.2) is 22.3 Å². The van der Waals surface area contributed by atoms with Crippen LogP contribution in [0.2, 0.25) is 0 Å². The molecule has 0 bridgehead atoms. The molecule has 98 valence electrons. The number of nitrogens with zero attached hydrogens (tertiary/aromatic N) is 2. The third-order valence-corrected chi connectivity index (χ3v) is 2.99. The Bertz CT molecular complexity index is 484. The average Bonchev–Trinajstić information content (AvgIpc) is 2.29. The van der Waals surface area contributed by atoms with Gasteiger partial charge in [-0.3, -0.25) is 9.78 Å². The average molecular weight is 247 g/mol. The first-order valence-corrected chi connectivity index (χ1v) is 6.01. The zero-order valence-electron chi connectivity index (χ0n) is 11.7. The van der Waals surface area contributed by atoms with Gasteiger partial charge in [0.2, 0.25) is 0 Å². The number of nitrogens with two attached hydrogens (primary N) is 1. The molecule has 0 amide bonds. The summed E-state index contributed by atoms with van der Waals surface area (Å²) in [6.45, 7) is 10.3. The number of rotatable bonds is 3. The Morgan fingerprint density at radius 3 is 2.50 bits per heavy atom. The fourth-order valence-corrected chi connectivity index (χ4v) is 1.29. The Morgan fingerprint density at radius 2 is 2.06 bits per heavy atom. The van der Waals surface area contributed by atoms with E-state index in [9.17, 15) is 4.79 Å². The van der Waals surface area contributed by atoms with Gasteiger partial charge >= 0.3 is 0 Å². The maximum atomic E-state index is 11.4. The second-order valence-electron chi connectivity index (χ2n) is 5.43. The molecular formula is C14H21N3O. The van der Waals surface area contributed by atoms with E-state index in [2.05, 4.69) is 37.7 Å². The molecule has 1 heterocycles. The van der Waals surface area contributed by atoms with Gasteiger partial charge in [-0.2, -0.15) is 0 Å². The number of carbonyl (C=O) groups is 1. The molecule has 0 aliphatic heterocycles. The highest BCUT2D eigenvalue weighted by Gasteiger charge is 2.14. The first kappa shape index (κ1) is 14.5. The Labute approximate surface area is 108 Å². The zero-order valence-corrected chi connectivity index (χ0v) is 11.7. The van der Waals surface area contributed by atoms with Gasteiger partial charge in [-0.05, 0) is 25.3 Å². The van der Waals surface area contributed by atoms with Gasteiger partial charge in [0.25, 0.3) is 0 Å². The lowest BCUT2D eigenvalue weighted by Crippen LogP contribution is -2.16. The second-order valence-corrected chi connectivity index (χ2v) is 5.43. The van der Waals surface area contributed by atoms with Crippen molar-refractivity contribution in [2.45, 2.75) is 34.6 Å². The number of aromatic nitrogens is 2. The van der Waals surface area contributed by atoms with E-state index in [-0.39, 0.29) is 17.7 Å². The van der Waals surface area contributed by atoms with E-state index >= 15 is 0 Å². The van der Waals surface area contributed by atoms with Crippen molar-refractivity contribution in [2.75, 3.05) is 6.54 Å². The minimum atomic E-state index is -0.186. The molecule has 4 heteroatoms. The first-order valence-electron chi connectivity index (χ1n) is 6.01. The van der Waals surface area contributed by atoms with Crippen molar-refractivity contribution in [3.63, 3.8) is 0 Å². The lowest BCUT2D eigenvalue weighted by Gasteiger charge is -2.19. The largest absolute Gasteiger partial charge is 0.324 e. The van der Waals surface area contributed by atoms with Crippen molar-refractivity contribution >= 4 is 11.9 Å². The summed E-state index contributed by atoms with van der Waals surface area (Å²) in [6.07, 6.45) is 3.50. The van der Waals surface area contributed by atoms with Crippen LogP contribution in [0.3, 0.4) is 0 Å². The van der Waals surface area contributed by atoms with Crippen LogP contribution in [0.5, 0.6) is 0 Å². The van der Waals surface area contributed by atoms with Crippen molar-refractivity contribution in [1.82, 2.24) is 9.97 Å². The molecule has 1 aromatic rings. The molecule has 0 atom stereocenters. The van der Waals surface area contributed by atoms with Crippen molar-refractivity contribution in [1.29, 1.82) is 0 Å². The summed E-state index contributed by atoms with van der Waals surface area (Å²) in [5.74, 6) is -0.186. The molecule has 0 aliphatic rings. The third-order valence-electron chi connectivity index (χ3n) is 2.99. The van der Waals surface area contributed by atoms with E-state index < -0.39 is 0 Å². The monoisotopic (exact) mass is 247 g/mol. The van der Waals surface area contributed by atoms with Gasteiger partial charge in [0.1, 0.15) is 5.69 Å². The maximum Gasteiger partial charge on any atom is 0.196 e. The molecule has 0 fully saturated rings. The molecule has 0 aliphatic carbocycles. The summed E-state index contributed by atoms with van der Waals surface area (Å²) in [5.41, 5.74) is 8.50. The predicted molar refractivity (Wildman–Crippen MR) is 73.3 cm³/mol. The van der Waals surface area contributed by atoms with Crippen LogP contribution >= 0.6 is 0 Å². The smallest absolute Gasteiger partial charge is 0.196 e. The minimum absolute atomic E-state index is 0.0374. The van der Waals surface area contributed by atoms with E-state index in [0.29, 0.717) is 5.69 Å². The highest BCUT2D eigenvalue weighted by atomic mass is 16.1. The standard InChI is InChI=1S/C14H21N3O/c1-9(14(3,4)5)6-11-10(2)17-12(8-16-11)13(18)7-15/h6,8H,7,15H2,1-5H3/b9-6+. The normalized spacial score (nSPS) is 12.7. The van der Waals surface area contributed by atoms with E-state index in [1.807, 2.05) is 13.0 Å². The molecule has 0 unspecified atom stereocenters. The van der Waals surface area contributed by atoms with Crippen LogP contribution in [0.25, 0.3) is 6.08 Å². The van der Waals surface area contributed by atoms with Crippen molar-refractivity contribution in [3.05, 3.63) is 28.9 Å². The van der Waals surface area contributed by atoms with Crippen LogP contribution < -0.4 is 5.73 Å². The number of Topliss-reactive ketones (excluding diaryl/α,β-unsaturated/α-hetero) is 1. The molecule has 18 heavy (non-hydrogen) atoms. The molecule has 1 aromatic heterocycles. The Kier molecular flexibility index (Phi) is 4.35. The van der Waals surface area contributed by atoms with Gasteiger partial charge in [-0.15, -0.1) is 0 Å². The second kappa shape index (κ2) is 5.40. The Morgan fingerprint density at radius 1 is 1.44 bits per heavy atom. The predicted octanol–water partition coefficient (Wildman–Crippen LogP) is 2.38. The highest BCUT2D eigenvalue weighted by Crippen LogP contribution is 2.26. The number of carbonyl (C=O) groups excluding carboxylic acids is 1. The van der Waals surface area contributed by atoms with Gasteiger partial charge < -0.3 is 5.73 Å². The number of hydrogen-bond acceptors (Lipinski definition) is 4. The van der Waals surface area contributed by atoms with Crippen LogP contribution in [0.15, 0.2) is 11.8 Å². The lowest BCUT2D eigenvalue weighted by molar-refractivity contribution is 0.0996. The summed E-state index contributed by atoms with van der Waals surface area (Å²) < 4.78 is 0. The van der Waals surface area contributed by atoms with Crippen LogP contribution in [0.4, 0.5) is 0 Å². The Hall–Kier alpha value is -1.55. The first-order chi connectivity index (χ1) is 8.25. The minimum Gasteiger partial charge on any atom is -0.324 e. The van der Waals surface area contributed by atoms with Crippen molar-refractivity contribution in [3.8, 4) is 0 Å². The SMILES string of the molecule is C/C(=C\c1ncc(C(=O)CN)nc1C)C(C)(C)C. The van der Waals surface area contributed by atoms with Crippen LogP contribution in [-0.2, 0) is 0 Å². The molecular weight excluding hydrogens is 226 g/mol. The number of hydrogen-bond donors (Lipinski definition) is 1. The molecule has 1 rings (SSSR count). The molecule has 0 radical (unpaired) electrons. The van der Waals surface area contributed by atoms with Gasteiger partial charge in [0, 0.05) is 0 Å². The molecule has 0 spiro atoms. The van der Waals surface area contributed by atoms with E-state index in [1.54, 1.807) is 0 Å². The van der Waals surface area contributed by atoms with Gasteiger partial charge in [-0.1, -0.05) is 26.3 Å². The van der Waals surface area contributed by atoms with Gasteiger partial charge in [0.05, 0.1) is 24.1 Å². The fraction of sp³-hybridized carbons (Fsp3) is 0.500. The Balaban J connectivity index is 3.11. The summed E-state index contributed by atoms with van der Waals surface area (Å²) in [5, 5.41) is 0. The number of ketones is 1. The van der Waals surface area contributed by atoms with Crippen LogP contribution in [0.1, 0.15) is 49.6 Å².